The van der Waals surface area contributed by atoms with Crippen LogP contribution in [0.1, 0.15) is 44.6 Å². The van der Waals surface area contributed by atoms with Gasteiger partial charge in [-0.05, 0) is 48.9 Å². The molecule has 156 valence electrons. The second kappa shape index (κ2) is 8.01. The molecule has 1 aromatic carbocycles. The fourth-order valence-corrected chi connectivity index (χ4v) is 5.59. The molecule has 2 aliphatic heterocycles. The molecule has 29 heavy (non-hydrogen) atoms. The number of rotatable bonds is 5. The van der Waals surface area contributed by atoms with E-state index in [-0.39, 0.29) is 11.6 Å². The molecule has 7 nitrogen and oxygen atoms in total. The van der Waals surface area contributed by atoms with Crippen molar-refractivity contribution in [2.75, 3.05) is 25.0 Å². The predicted octanol–water partition coefficient (Wildman–Crippen LogP) is 3.02. The van der Waals surface area contributed by atoms with E-state index in [1.165, 1.54) is 0 Å². The minimum Gasteiger partial charge on any atom is -0.373 e. The lowest BCUT2D eigenvalue weighted by molar-refractivity contribution is -0.0310. The molecule has 3 heterocycles. The first-order chi connectivity index (χ1) is 13.9. The van der Waals surface area contributed by atoms with Gasteiger partial charge in [0.05, 0.1) is 23.1 Å². The first-order valence-corrected chi connectivity index (χ1v) is 11.6. The summed E-state index contributed by atoms with van der Waals surface area (Å²) in [5.74, 6) is 0.979. The average molecular weight is 417 g/mol. The van der Waals surface area contributed by atoms with Crippen molar-refractivity contribution in [2.45, 2.75) is 55.6 Å². The summed E-state index contributed by atoms with van der Waals surface area (Å²) in [5.41, 5.74) is 0.877. The van der Waals surface area contributed by atoms with Gasteiger partial charge in [-0.2, -0.15) is 4.31 Å². The van der Waals surface area contributed by atoms with E-state index >= 15 is 0 Å². The highest BCUT2D eigenvalue weighted by Crippen LogP contribution is 2.38. The van der Waals surface area contributed by atoms with Crippen LogP contribution in [0, 0.1) is 0 Å². The highest BCUT2D eigenvalue weighted by Gasteiger charge is 2.45. The summed E-state index contributed by atoms with van der Waals surface area (Å²) in [6, 6.07) is 9.19. The van der Waals surface area contributed by atoms with E-state index in [0.717, 1.165) is 12.0 Å². The lowest BCUT2D eigenvalue weighted by atomic mass is 9.88. The zero-order valence-corrected chi connectivity index (χ0v) is 17.7. The van der Waals surface area contributed by atoms with Crippen LogP contribution >= 0.6 is 0 Å². The van der Waals surface area contributed by atoms with Gasteiger partial charge in [0.25, 0.3) is 0 Å². The molecule has 0 saturated carbocycles. The first-order valence-electron chi connectivity index (χ1n) is 10.2. The van der Waals surface area contributed by atoms with Crippen molar-refractivity contribution < 1.29 is 13.2 Å². The highest BCUT2D eigenvalue weighted by atomic mass is 32.2. The predicted molar refractivity (Wildman–Crippen MR) is 111 cm³/mol. The van der Waals surface area contributed by atoms with E-state index in [2.05, 4.69) is 29.1 Å². The van der Waals surface area contributed by atoms with Gasteiger partial charge in [-0.3, -0.25) is 0 Å². The molecule has 4 rings (SSSR count). The van der Waals surface area contributed by atoms with E-state index in [0.29, 0.717) is 49.3 Å². The number of benzene rings is 1. The molecule has 0 aliphatic carbocycles. The largest absolute Gasteiger partial charge is 0.373 e. The average Bonchev–Trinajstić information content (AvgIpc) is 3.11. The number of nitrogens with one attached hydrogen (secondary N) is 1. The molecule has 1 N–H and O–H groups in total. The summed E-state index contributed by atoms with van der Waals surface area (Å²) < 4.78 is 33.8. The summed E-state index contributed by atoms with van der Waals surface area (Å²) in [5, 5.41) is 3.31. The van der Waals surface area contributed by atoms with Crippen LogP contribution < -0.4 is 5.32 Å². The van der Waals surface area contributed by atoms with E-state index in [9.17, 15) is 8.42 Å². The summed E-state index contributed by atoms with van der Waals surface area (Å²) in [7, 11) is -3.47. The molecule has 2 aliphatic rings. The van der Waals surface area contributed by atoms with Crippen molar-refractivity contribution in [2.24, 2.45) is 0 Å². The van der Waals surface area contributed by atoms with E-state index in [1.807, 2.05) is 12.1 Å². The summed E-state index contributed by atoms with van der Waals surface area (Å²) >= 11 is 0. The molecule has 8 heteroatoms. The number of aromatic nitrogens is 2. The summed E-state index contributed by atoms with van der Waals surface area (Å²) in [6.07, 6.45) is 5.65. The van der Waals surface area contributed by atoms with Crippen LogP contribution in [0.15, 0.2) is 47.6 Å². The van der Waals surface area contributed by atoms with Crippen LogP contribution in [0.4, 0.5) is 5.95 Å². The van der Waals surface area contributed by atoms with Gasteiger partial charge in [0.2, 0.25) is 16.0 Å². The molecule has 0 radical (unpaired) electrons. The van der Waals surface area contributed by atoms with Gasteiger partial charge in [-0.25, -0.2) is 18.4 Å². The smallest absolute Gasteiger partial charge is 0.243 e. The molecule has 2 aromatic rings. The van der Waals surface area contributed by atoms with Gasteiger partial charge in [-0.1, -0.05) is 26.0 Å². The quantitative estimate of drug-likeness (QED) is 0.807. The number of hydrogen-bond donors (Lipinski definition) is 1. The van der Waals surface area contributed by atoms with Crippen molar-refractivity contribution in [3.63, 3.8) is 0 Å². The standard InChI is InChI=1S/C21H28N4O3S/c1-16(2)17-4-6-19(7-5-17)29(26,27)25-12-8-21(9-13-25)14-18(15-28-21)24-20-22-10-3-11-23-20/h3-7,10-11,16,18H,8-9,12-15H2,1-2H3,(H,22,23,24). The first kappa shape index (κ1) is 20.3. The Hall–Kier alpha value is -2.03. The Morgan fingerprint density at radius 3 is 2.41 bits per heavy atom. The minimum absolute atomic E-state index is 0.143. The van der Waals surface area contributed by atoms with Crippen LogP contribution in [-0.2, 0) is 14.8 Å². The SMILES string of the molecule is CC(C)c1ccc(S(=O)(=O)N2CCC3(CC2)CC(Nc2ncccn2)CO3)cc1. The number of sulfonamides is 1. The fourth-order valence-electron chi connectivity index (χ4n) is 4.15. The Morgan fingerprint density at radius 2 is 1.79 bits per heavy atom. The lowest BCUT2D eigenvalue weighted by Crippen LogP contribution is -2.46. The summed E-state index contributed by atoms with van der Waals surface area (Å²) in [6.45, 7) is 5.73. The molecule has 0 amide bonds. The Labute approximate surface area is 172 Å². The Morgan fingerprint density at radius 1 is 1.14 bits per heavy atom. The molecule has 1 atom stereocenters. The third-order valence-electron chi connectivity index (χ3n) is 5.93. The minimum atomic E-state index is -3.47. The Balaban J connectivity index is 1.37. The van der Waals surface area contributed by atoms with Crippen molar-refractivity contribution in [3.05, 3.63) is 48.3 Å². The van der Waals surface area contributed by atoms with E-state index in [1.54, 1.807) is 34.9 Å². The normalized spacial score (nSPS) is 22.2. The molecule has 1 unspecified atom stereocenters. The van der Waals surface area contributed by atoms with Gasteiger partial charge >= 0.3 is 0 Å². The maximum absolute atomic E-state index is 13.0. The molecular weight excluding hydrogens is 388 g/mol. The second-order valence-electron chi connectivity index (χ2n) is 8.24. The van der Waals surface area contributed by atoms with Gasteiger partial charge in [0, 0.05) is 25.5 Å². The van der Waals surface area contributed by atoms with Crippen LogP contribution in [-0.4, -0.2) is 54.0 Å². The van der Waals surface area contributed by atoms with Gasteiger partial charge in [0.15, 0.2) is 0 Å². The monoisotopic (exact) mass is 416 g/mol. The Bertz CT molecular complexity index is 924. The maximum Gasteiger partial charge on any atom is 0.243 e. The van der Waals surface area contributed by atoms with E-state index < -0.39 is 10.0 Å². The Kier molecular flexibility index (Phi) is 5.59. The number of anilines is 1. The number of nitrogens with zero attached hydrogens (tertiary/aromatic N) is 3. The van der Waals surface area contributed by atoms with Crippen molar-refractivity contribution in [3.8, 4) is 0 Å². The zero-order valence-electron chi connectivity index (χ0n) is 16.9. The lowest BCUT2D eigenvalue weighted by Gasteiger charge is -2.38. The third kappa shape index (κ3) is 4.29. The van der Waals surface area contributed by atoms with Crippen LogP contribution in [0.5, 0.6) is 0 Å². The van der Waals surface area contributed by atoms with Gasteiger partial charge in [-0.15, -0.1) is 0 Å². The third-order valence-corrected chi connectivity index (χ3v) is 7.84. The number of piperidine rings is 1. The fraction of sp³-hybridized carbons (Fsp3) is 0.524. The topological polar surface area (TPSA) is 84.4 Å². The van der Waals surface area contributed by atoms with Crippen LogP contribution in [0.3, 0.4) is 0 Å². The number of ether oxygens (including phenoxy) is 1. The van der Waals surface area contributed by atoms with Crippen molar-refractivity contribution >= 4 is 16.0 Å². The van der Waals surface area contributed by atoms with E-state index in [4.69, 9.17) is 4.74 Å². The molecule has 0 bridgehead atoms. The zero-order chi connectivity index (χ0) is 20.5. The number of hydrogen-bond acceptors (Lipinski definition) is 6. The highest BCUT2D eigenvalue weighted by molar-refractivity contribution is 7.89. The molecular formula is C21H28N4O3S. The van der Waals surface area contributed by atoms with Crippen LogP contribution in [0.25, 0.3) is 0 Å². The summed E-state index contributed by atoms with van der Waals surface area (Å²) in [4.78, 5) is 8.78. The maximum atomic E-state index is 13.0. The molecule has 2 saturated heterocycles. The second-order valence-corrected chi connectivity index (χ2v) is 10.2. The molecule has 1 aromatic heterocycles. The van der Waals surface area contributed by atoms with Crippen molar-refractivity contribution in [1.29, 1.82) is 0 Å². The van der Waals surface area contributed by atoms with Gasteiger partial charge in [0.1, 0.15) is 0 Å². The van der Waals surface area contributed by atoms with Crippen molar-refractivity contribution in [1.82, 2.24) is 14.3 Å². The molecule has 1 spiro atoms. The molecule has 2 fully saturated rings. The van der Waals surface area contributed by atoms with Gasteiger partial charge < -0.3 is 10.1 Å². The van der Waals surface area contributed by atoms with Crippen LogP contribution in [0.2, 0.25) is 0 Å².